The van der Waals surface area contributed by atoms with Crippen LogP contribution in [0.15, 0.2) is 24.7 Å². The van der Waals surface area contributed by atoms with Crippen LogP contribution < -0.4 is 10.2 Å². The van der Waals surface area contributed by atoms with Crippen LogP contribution in [0.25, 0.3) is 11.3 Å². The molecule has 7 nitrogen and oxygen atoms in total. The number of rotatable bonds is 10. The molecule has 2 fully saturated rings. The number of nitrogens with one attached hydrogen (secondary N) is 1. The second kappa shape index (κ2) is 12.8. The van der Waals surface area contributed by atoms with Gasteiger partial charge in [0.1, 0.15) is 5.82 Å². The van der Waals surface area contributed by atoms with Crippen LogP contribution in [0.5, 0.6) is 0 Å². The van der Waals surface area contributed by atoms with E-state index < -0.39 is 0 Å². The molecule has 0 radical (unpaired) electrons. The molecular formula is C26H38ClN5O2. The predicted octanol–water partition coefficient (Wildman–Crippen LogP) is 4.39. The van der Waals surface area contributed by atoms with Crippen molar-refractivity contribution in [1.82, 2.24) is 20.3 Å². The maximum Gasteiger partial charge on any atom is 0.147 e. The average molecular weight is 488 g/mol. The lowest BCUT2D eigenvalue weighted by Gasteiger charge is -2.29. The second-order valence-electron chi connectivity index (χ2n) is 9.72. The third-order valence-corrected chi connectivity index (χ3v) is 7.46. The van der Waals surface area contributed by atoms with Gasteiger partial charge < -0.3 is 19.7 Å². The largest absolute Gasteiger partial charge is 0.383 e. The first kappa shape index (κ1) is 25.3. The predicted molar refractivity (Wildman–Crippen MR) is 136 cm³/mol. The minimum Gasteiger partial charge on any atom is -0.383 e. The van der Waals surface area contributed by atoms with Gasteiger partial charge in [0.25, 0.3) is 0 Å². The van der Waals surface area contributed by atoms with Crippen LogP contribution in [0.1, 0.15) is 44.2 Å². The Morgan fingerprint density at radius 2 is 1.88 bits per heavy atom. The summed E-state index contributed by atoms with van der Waals surface area (Å²) in [4.78, 5) is 16.2. The van der Waals surface area contributed by atoms with E-state index in [1.54, 1.807) is 19.5 Å². The smallest absolute Gasteiger partial charge is 0.147 e. The first-order chi connectivity index (χ1) is 16.6. The van der Waals surface area contributed by atoms with Crippen LogP contribution in [0.2, 0.25) is 5.02 Å². The normalized spacial score (nSPS) is 21.5. The Morgan fingerprint density at radius 3 is 2.65 bits per heavy atom. The number of methoxy groups -OCH3 is 1. The Morgan fingerprint density at radius 1 is 1.09 bits per heavy atom. The summed E-state index contributed by atoms with van der Waals surface area (Å²) in [5, 5.41) is 4.22. The Labute approximate surface area is 208 Å². The minimum atomic E-state index is 0.608. The molecule has 4 rings (SSSR count). The maximum absolute atomic E-state index is 6.56. The quantitative estimate of drug-likeness (QED) is 0.498. The molecule has 2 aliphatic rings. The van der Waals surface area contributed by atoms with E-state index in [-0.39, 0.29) is 0 Å². The van der Waals surface area contributed by atoms with Crippen LogP contribution in [-0.2, 0) is 15.9 Å². The summed E-state index contributed by atoms with van der Waals surface area (Å²) in [5.74, 6) is 2.16. The highest BCUT2D eigenvalue weighted by Gasteiger charge is 2.22. The highest BCUT2D eigenvalue weighted by atomic mass is 35.5. The monoisotopic (exact) mass is 487 g/mol. The van der Waals surface area contributed by atoms with E-state index in [0.717, 1.165) is 74.9 Å². The van der Waals surface area contributed by atoms with E-state index in [1.165, 1.54) is 25.7 Å². The Hall–Kier alpha value is -1.80. The number of hydrogen-bond acceptors (Lipinski definition) is 7. The highest BCUT2D eigenvalue weighted by Crippen LogP contribution is 2.31. The number of hydrogen-bond donors (Lipinski definition) is 1. The molecule has 1 saturated heterocycles. The molecule has 3 heterocycles. The lowest BCUT2D eigenvalue weighted by atomic mass is 9.83. The van der Waals surface area contributed by atoms with Gasteiger partial charge in [-0.1, -0.05) is 11.6 Å². The van der Waals surface area contributed by atoms with Gasteiger partial charge >= 0.3 is 0 Å². The second-order valence-corrected chi connectivity index (χ2v) is 10.1. The topological polar surface area (TPSA) is 72.4 Å². The Kier molecular flexibility index (Phi) is 9.50. The van der Waals surface area contributed by atoms with E-state index in [0.29, 0.717) is 22.9 Å². The van der Waals surface area contributed by atoms with Crippen molar-refractivity contribution in [2.75, 3.05) is 52.0 Å². The Balaban J connectivity index is 1.38. The molecule has 2 aromatic heterocycles. The molecule has 1 N–H and O–H groups in total. The lowest BCUT2D eigenvalue weighted by Crippen LogP contribution is -2.35. The number of pyridine rings is 1. The van der Waals surface area contributed by atoms with E-state index >= 15 is 0 Å². The molecule has 1 saturated carbocycles. The molecule has 1 aliphatic carbocycles. The average Bonchev–Trinajstić information content (AvgIpc) is 2.87. The van der Waals surface area contributed by atoms with Crippen molar-refractivity contribution < 1.29 is 9.47 Å². The van der Waals surface area contributed by atoms with Gasteiger partial charge in [-0.25, -0.2) is 4.98 Å². The maximum atomic E-state index is 6.56. The van der Waals surface area contributed by atoms with Gasteiger partial charge in [-0.3, -0.25) is 9.97 Å². The zero-order valence-electron chi connectivity index (χ0n) is 20.5. The Bertz CT molecular complexity index is 901. The molecule has 0 spiro atoms. The fourth-order valence-corrected chi connectivity index (χ4v) is 5.30. The first-order valence-corrected chi connectivity index (χ1v) is 13.0. The molecule has 8 heteroatoms. The van der Waals surface area contributed by atoms with Crippen LogP contribution in [0.3, 0.4) is 0 Å². The van der Waals surface area contributed by atoms with Crippen molar-refractivity contribution in [3.8, 4) is 11.3 Å². The van der Waals surface area contributed by atoms with E-state index in [9.17, 15) is 0 Å². The molecule has 0 unspecified atom stereocenters. The molecule has 0 bridgehead atoms. The number of nitrogens with zero attached hydrogens (tertiary/aromatic N) is 4. The van der Waals surface area contributed by atoms with Gasteiger partial charge in [0.15, 0.2) is 0 Å². The van der Waals surface area contributed by atoms with Crippen LogP contribution in [-0.4, -0.2) is 68.1 Å². The van der Waals surface area contributed by atoms with Crippen molar-refractivity contribution in [2.45, 2.75) is 51.0 Å². The summed E-state index contributed by atoms with van der Waals surface area (Å²) in [6.45, 7) is 4.36. The van der Waals surface area contributed by atoms with Gasteiger partial charge in [0.2, 0.25) is 0 Å². The van der Waals surface area contributed by atoms with Gasteiger partial charge in [-0.05, 0) is 62.8 Å². The number of halogens is 1. The third kappa shape index (κ3) is 7.11. The minimum absolute atomic E-state index is 0.608. The molecule has 0 aromatic carbocycles. The van der Waals surface area contributed by atoms with Gasteiger partial charge in [-0.15, -0.1) is 0 Å². The molecular weight excluding hydrogens is 450 g/mol. The summed E-state index contributed by atoms with van der Waals surface area (Å²) in [7, 11) is 3.84. The fourth-order valence-electron chi connectivity index (χ4n) is 5.10. The van der Waals surface area contributed by atoms with Crippen molar-refractivity contribution in [1.29, 1.82) is 0 Å². The third-order valence-electron chi connectivity index (χ3n) is 7.16. The van der Waals surface area contributed by atoms with Gasteiger partial charge in [0.05, 0.1) is 29.7 Å². The number of aromatic nitrogens is 3. The van der Waals surface area contributed by atoms with Crippen molar-refractivity contribution in [3.05, 3.63) is 35.4 Å². The van der Waals surface area contributed by atoms with Gasteiger partial charge in [0, 0.05) is 64.0 Å². The van der Waals surface area contributed by atoms with E-state index in [2.05, 4.69) is 33.3 Å². The van der Waals surface area contributed by atoms with Crippen molar-refractivity contribution in [3.63, 3.8) is 0 Å². The summed E-state index contributed by atoms with van der Waals surface area (Å²) in [6.07, 6.45) is 13.4. The van der Waals surface area contributed by atoms with Crippen molar-refractivity contribution in [2.24, 2.45) is 11.8 Å². The molecule has 0 atom stereocenters. The lowest BCUT2D eigenvalue weighted by molar-refractivity contribution is 0.0685. The zero-order chi connectivity index (χ0) is 23.8. The summed E-state index contributed by atoms with van der Waals surface area (Å²) >= 11 is 6.56. The number of ether oxygens (including phenoxy) is 2. The fraction of sp³-hybridized carbons (Fsp3) is 0.654. The summed E-state index contributed by atoms with van der Waals surface area (Å²) < 4.78 is 10.6. The SMILES string of the molecule is COCCNC1CCC(Cc2cc(-c3cncc(N(C)CC4CCOCC4)n3)c(Cl)cn2)CC1. The van der Waals surface area contributed by atoms with Gasteiger partial charge in [-0.2, -0.15) is 0 Å². The van der Waals surface area contributed by atoms with Crippen LogP contribution in [0, 0.1) is 11.8 Å². The summed E-state index contributed by atoms with van der Waals surface area (Å²) in [6, 6.07) is 2.72. The van der Waals surface area contributed by atoms with Crippen LogP contribution >= 0.6 is 11.6 Å². The molecule has 186 valence electrons. The van der Waals surface area contributed by atoms with Crippen molar-refractivity contribution >= 4 is 17.4 Å². The molecule has 34 heavy (non-hydrogen) atoms. The number of anilines is 1. The zero-order valence-corrected chi connectivity index (χ0v) is 21.3. The van der Waals surface area contributed by atoms with E-state index in [1.807, 2.05) is 6.20 Å². The summed E-state index contributed by atoms with van der Waals surface area (Å²) in [5.41, 5.74) is 2.80. The molecule has 0 amide bonds. The first-order valence-electron chi connectivity index (χ1n) is 12.6. The highest BCUT2D eigenvalue weighted by molar-refractivity contribution is 6.33. The molecule has 1 aliphatic heterocycles. The standard InChI is InChI=1S/C26H38ClN5O2/c1-32(18-20-7-10-34-11-8-20)26-17-28-16-25(31-26)23-14-22(30-15-24(23)27)13-19-3-5-21(6-4-19)29-9-12-33-2/h14-17,19-21,29H,3-13,18H2,1-2H3. The van der Waals surface area contributed by atoms with E-state index in [4.69, 9.17) is 26.1 Å². The van der Waals surface area contributed by atoms with Crippen LogP contribution in [0.4, 0.5) is 5.82 Å². The molecule has 2 aromatic rings.